The van der Waals surface area contributed by atoms with Crippen LogP contribution in [0.3, 0.4) is 0 Å². The monoisotopic (exact) mass is 285 g/mol. The minimum absolute atomic E-state index is 0.0748. The summed E-state index contributed by atoms with van der Waals surface area (Å²) in [6.07, 6.45) is 2.03. The van der Waals surface area contributed by atoms with Crippen LogP contribution in [-0.4, -0.2) is 29.4 Å². The summed E-state index contributed by atoms with van der Waals surface area (Å²) >= 11 is 0. The van der Waals surface area contributed by atoms with Gasteiger partial charge in [-0.05, 0) is 19.1 Å². The summed E-state index contributed by atoms with van der Waals surface area (Å²) in [6, 6.07) is 7.91. The Hall–Kier alpha value is -2.50. The fourth-order valence-electron chi connectivity index (χ4n) is 2.75. The van der Waals surface area contributed by atoms with E-state index in [2.05, 4.69) is 10.1 Å². The van der Waals surface area contributed by atoms with Crippen LogP contribution in [0.4, 0.5) is 5.69 Å². The van der Waals surface area contributed by atoms with Crippen LogP contribution in [-0.2, 0) is 7.05 Å². The fourth-order valence-corrected chi connectivity index (χ4v) is 2.75. The first-order chi connectivity index (χ1) is 10.1. The first-order valence-corrected chi connectivity index (χ1v) is 6.83. The van der Waals surface area contributed by atoms with E-state index in [0.29, 0.717) is 12.5 Å². The molecule has 0 amide bonds. The highest BCUT2D eigenvalue weighted by atomic mass is 16.5. The molecule has 1 unspecified atom stereocenters. The molecule has 2 N–H and O–H groups in total. The number of aliphatic imine (C=N–C) groups is 1. The van der Waals surface area contributed by atoms with Gasteiger partial charge in [0.2, 0.25) is 0 Å². The van der Waals surface area contributed by atoms with Gasteiger partial charge < -0.3 is 15.4 Å². The van der Waals surface area contributed by atoms with Gasteiger partial charge in [0.05, 0.1) is 25.4 Å². The maximum absolute atomic E-state index is 6.10. The number of anilines is 1. The summed E-state index contributed by atoms with van der Waals surface area (Å²) in [5, 5.41) is 4.42. The number of aryl methyl sites for hydroxylation is 2. The summed E-state index contributed by atoms with van der Waals surface area (Å²) in [6.45, 7) is 2.64. The van der Waals surface area contributed by atoms with Gasteiger partial charge in [-0.3, -0.25) is 9.67 Å². The molecule has 1 aliphatic rings. The maximum Gasteiger partial charge on any atom is 0.196 e. The topological polar surface area (TPSA) is 68.7 Å². The highest BCUT2D eigenvalue weighted by molar-refractivity contribution is 5.97. The van der Waals surface area contributed by atoms with Gasteiger partial charge in [0.25, 0.3) is 0 Å². The molecule has 1 aliphatic heterocycles. The van der Waals surface area contributed by atoms with E-state index in [-0.39, 0.29) is 6.04 Å². The van der Waals surface area contributed by atoms with Crippen molar-refractivity contribution in [3.63, 3.8) is 0 Å². The number of nitrogens with zero attached hydrogens (tertiary/aromatic N) is 4. The summed E-state index contributed by atoms with van der Waals surface area (Å²) < 4.78 is 7.12. The molecule has 2 aromatic rings. The lowest BCUT2D eigenvalue weighted by Crippen LogP contribution is -2.36. The van der Waals surface area contributed by atoms with Gasteiger partial charge >= 0.3 is 0 Å². The van der Waals surface area contributed by atoms with Crippen LogP contribution in [0.15, 0.2) is 35.5 Å². The molecule has 1 aromatic carbocycles. The van der Waals surface area contributed by atoms with E-state index in [1.165, 1.54) is 0 Å². The van der Waals surface area contributed by atoms with Gasteiger partial charge in [-0.1, -0.05) is 6.07 Å². The summed E-state index contributed by atoms with van der Waals surface area (Å²) in [7, 11) is 3.58. The highest BCUT2D eigenvalue weighted by Crippen LogP contribution is 2.33. The molecule has 2 heterocycles. The first-order valence-electron chi connectivity index (χ1n) is 6.83. The molecule has 0 bridgehead atoms. The van der Waals surface area contributed by atoms with Crippen LogP contribution in [0, 0.1) is 6.92 Å². The smallest absolute Gasteiger partial charge is 0.196 e. The van der Waals surface area contributed by atoms with E-state index in [0.717, 1.165) is 22.7 Å². The molecule has 0 fully saturated rings. The number of guanidine groups is 1. The third kappa shape index (κ3) is 2.33. The van der Waals surface area contributed by atoms with E-state index in [1.807, 2.05) is 54.0 Å². The average molecular weight is 285 g/mol. The van der Waals surface area contributed by atoms with Crippen molar-refractivity contribution >= 4 is 11.6 Å². The van der Waals surface area contributed by atoms with Crippen LogP contribution >= 0.6 is 0 Å². The SMILES string of the molecule is COc1cccc(N2C(N)=NCC2c2cn(C)nc2C)c1. The van der Waals surface area contributed by atoms with Gasteiger partial charge in [-0.15, -0.1) is 0 Å². The Labute approximate surface area is 123 Å². The normalized spacial score (nSPS) is 18.0. The minimum atomic E-state index is 0.0748. The summed E-state index contributed by atoms with van der Waals surface area (Å²) in [5.41, 5.74) is 9.21. The van der Waals surface area contributed by atoms with Crippen molar-refractivity contribution < 1.29 is 4.74 Å². The molecule has 1 atom stereocenters. The van der Waals surface area contributed by atoms with E-state index < -0.39 is 0 Å². The maximum atomic E-state index is 6.10. The van der Waals surface area contributed by atoms with Crippen molar-refractivity contribution in [2.24, 2.45) is 17.8 Å². The van der Waals surface area contributed by atoms with Crippen LogP contribution in [0.1, 0.15) is 17.3 Å². The van der Waals surface area contributed by atoms with Gasteiger partial charge in [0.15, 0.2) is 5.96 Å². The number of aromatic nitrogens is 2. The second-order valence-electron chi connectivity index (χ2n) is 5.13. The number of nitrogens with two attached hydrogens (primary N) is 1. The molecule has 0 saturated carbocycles. The summed E-state index contributed by atoms with van der Waals surface area (Å²) in [4.78, 5) is 6.43. The van der Waals surface area contributed by atoms with E-state index in [1.54, 1.807) is 7.11 Å². The molecule has 6 heteroatoms. The number of ether oxygens (including phenoxy) is 1. The molecule has 3 rings (SSSR count). The lowest BCUT2D eigenvalue weighted by atomic mass is 10.1. The molecule has 0 aliphatic carbocycles. The van der Waals surface area contributed by atoms with Crippen LogP contribution in [0.25, 0.3) is 0 Å². The Balaban J connectivity index is 2.01. The van der Waals surface area contributed by atoms with Crippen molar-refractivity contribution in [3.05, 3.63) is 41.7 Å². The third-order valence-electron chi connectivity index (χ3n) is 3.73. The van der Waals surface area contributed by atoms with Gasteiger partial charge in [0, 0.05) is 30.6 Å². The van der Waals surface area contributed by atoms with Gasteiger partial charge in [-0.2, -0.15) is 5.10 Å². The Morgan fingerprint density at radius 1 is 1.38 bits per heavy atom. The van der Waals surface area contributed by atoms with E-state index in [9.17, 15) is 0 Å². The number of hydrogen-bond acceptors (Lipinski definition) is 5. The molecule has 6 nitrogen and oxygen atoms in total. The van der Waals surface area contributed by atoms with Crippen LogP contribution in [0.2, 0.25) is 0 Å². The largest absolute Gasteiger partial charge is 0.497 e. The lowest BCUT2D eigenvalue weighted by molar-refractivity contribution is 0.415. The number of benzene rings is 1. The van der Waals surface area contributed by atoms with Crippen molar-refractivity contribution in [2.45, 2.75) is 13.0 Å². The first kappa shape index (κ1) is 13.5. The number of rotatable bonds is 3. The molecule has 1 aromatic heterocycles. The Bertz CT molecular complexity index is 691. The van der Waals surface area contributed by atoms with Crippen LogP contribution in [0.5, 0.6) is 5.75 Å². The minimum Gasteiger partial charge on any atom is -0.497 e. The van der Waals surface area contributed by atoms with Gasteiger partial charge in [-0.25, -0.2) is 0 Å². The average Bonchev–Trinajstić information content (AvgIpc) is 3.01. The summed E-state index contributed by atoms with van der Waals surface area (Å²) in [5.74, 6) is 1.32. The zero-order valence-electron chi connectivity index (χ0n) is 12.4. The lowest BCUT2D eigenvalue weighted by Gasteiger charge is -2.26. The zero-order valence-corrected chi connectivity index (χ0v) is 12.4. The standard InChI is InChI=1S/C15H19N5O/c1-10-13(9-19(2)18-10)14-8-17-15(16)20(14)11-5-4-6-12(7-11)21-3/h4-7,9,14H,8H2,1-3H3,(H2,16,17). The molecule has 21 heavy (non-hydrogen) atoms. The van der Waals surface area contributed by atoms with Crippen molar-refractivity contribution in [1.82, 2.24) is 9.78 Å². The van der Waals surface area contributed by atoms with Gasteiger partial charge in [0.1, 0.15) is 5.75 Å². The molecule has 0 spiro atoms. The second-order valence-corrected chi connectivity index (χ2v) is 5.13. The Kier molecular flexibility index (Phi) is 3.29. The molecular weight excluding hydrogens is 266 g/mol. The Morgan fingerprint density at radius 3 is 2.86 bits per heavy atom. The van der Waals surface area contributed by atoms with Crippen molar-refractivity contribution in [3.8, 4) is 5.75 Å². The quantitative estimate of drug-likeness (QED) is 0.930. The number of methoxy groups -OCH3 is 1. The van der Waals surface area contributed by atoms with Crippen molar-refractivity contribution in [2.75, 3.05) is 18.6 Å². The molecular formula is C15H19N5O. The predicted octanol–water partition coefficient (Wildman–Crippen LogP) is 1.61. The molecule has 110 valence electrons. The predicted molar refractivity (Wildman–Crippen MR) is 82.6 cm³/mol. The van der Waals surface area contributed by atoms with E-state index in [4.69, 9.17) is 10.5 Å². The fraction of sp³-hybridized carbons (Fsp3) is 0.333. The number of hydrogen-bond donors (Lipinski definition) is 1. The second kappa shape index (κ2) is 5.12. The third-order valence-corrected chi connectivity index (χ3v) is 3.73. The highest BCUT2D eigenvalue weighted by Gasteiger charge is 2.31. The van der Waals surface area contributed by atoms with E-state index >= 15 is 0 Å². The van der Waals surface area contributed by atoms with Crippen LogP contribution < -0.4 is 15.4 Å². The molecule has 0 radical (unpaired) electrons. The Morgan fingerprint density at radius 2 is 2.19 bits per heavy atom. The molecule has 0 saturated heterocycles. The van der Waals surface area contributed by atoms with Crippen molar-refractivity contribution in [1.29, 1.82) is 0 Å². The zero-order chi connectivity index (χ0) is 15.0.